The first-order chi connectivity index (χ1) is 12.0. The molecule has 0 radical (unpaired) electrons. The Labute approximate surface area is 151 Å². The van der Waals surface area contributed by atoms with Gasteiger partial charge in [0, 0.05) is 45.7 Å². The van der Waals surface area contributed by atoms with Gasteiger partial charge in [-0.2, -0.15) is 11.3 Å². The zero-order valence-corrected chi connectivity index (χ0v) is 15.4. The maximum Gasteiger partial charge on any atom is 0.318 e. The van der Waals surface area contributed by atoms with Gasteiger partial charge in [0.05, 0.1) is 0 Å². The van der Waals surface area contributed by atoms with Gasteiger partial charge in [0.25, 0.3) is 5.91 Å². The molecule has 2 fully saturated rings. The summed E-state index contributed by atoms with van der Waals surface area (Å²) in [5, 5.41) is 7.03. The summed E-state index contributed by atoms with van der Waals surface area (Å²) in [6, 6.07) is 1.67. The van der Waals surface area contributed by atoms with Crippen LogP contribution in [0.5, 0.6) is 0 Å². The van der Waals surface area contributed by atoms with Crippen molar-refractivity contribution in [2.45, 2.75) is 31.8 Å². The van der Waals surface area contributed by atoms with Crippen LogP contribution in [0.3, 0.4) is 0 Å². The van der Waals surface area contributed by atoms with Gasteiger partial charge < -0.3 is 10.2 Å². The van der Waals surface area contributed by atoms with E-state index in [-0.39, 0.29) is 17.8 Å². The van der Waals surface area contributed by atoms with Crippen molar-refractivity contribution < 1.29 is 14.4 Å². The minimum absolute atomic E-state index is 0.188. The van der Waals surface area contributed by atoms with Crippen LogP contribution in [0.15, 0.2) is 16.8 Å². The van der Waals surface area contributed by atoms with Gasteiger partial charge in [-0.15, -0.1) is 0 Å². The maximum absolute atomic E-state index is 12.4. The average Bonchev–Trinajstić information content (AvgIpc) is 3.16. The quantitative estimate of drug-likeness (QED) is 0.820. The minimum atomic E-state index is -0.599. The summed E-state index contributed by atoms with van der Waals surface area (Å²) in [6.45, 7) is 5.07. The topological polar surface area (TPSA) is 73.0 Å². The van der Waals surface area contributed by atoms with E-state index in [0.29, 0.717) is 32.0 Å². The van der Waals surface area contributed by atoms with Crippen LogP contribution in [0.1, 0.15) is 31.4 Å². The molecule has 2 aliphatic rings. The molecule has 1 aromatic rings. The highest BCUT2D eigenvalue weighted by atomic mass is 32.1. The smallest absolute Gasteiger partial charge is 0.318 e. The van der Waals surface area contributed by atoms with E-state index in [0.717, 1.165) is 18.0 Å². The molecule has 0 aliphatic carbocycles. The third-order valence-electron chi connectivity index (χ3n) is 5.12. The summed E-state index contributed by atoms with van der Waals surface area (Å²) in [5.74, 6) is -0.513. The lowest BCUT2D eigenvalue weighted by Crippen LogP contribution is -2.58. The van der Waals surface area contributed by atoms with Crippen molar-refractivity contribution >= 4 is 29.2 Å². The Morgan fingerprint density at radius 2 is 2.00 bits per heavy atom. The first-order valence-corrected chi connectivity index (χ1v) is 9.53. The Hall–Kier alpha value is -1.93. The number of urea groups is 1. The molecule has 1 aromatic heterocycles. The van der Waals surface area contributed by atoms with Crippen molar-refractivity contribution in [1.82, 2.24) is 20.0 Å². The fourth-order valence-electron chi connectivity index (χ4n) is 3.33. The van der Waals surface area contributed by atoms with Crippen molar-refractivity contribution in [1.29, 1.82) is 0 Å². The molecule has 25 heavy (non-hydrogen) atoms. The maximum atomic E-state index is 12.4. The van der Waals surface area contributed by atoms with Gasteiger partial charge in [-0.05, 0) is 35.7 Å². The first kappa shape index (κ1) is 17.9. The number of hydrogen-bond acceptors (Lipinski definition) is 5. The molecular weight excluding hydrogens is 340 g/mol. The van der Waals surface area contributed by atoms with Crippen LogP contribution in [0.4, 0.5) is 4.79 Å². The van der Waals surface area contributed by atoms with E-state index in [2.05, 4.69) is 34.0 Å². The molecule has 3 heterocycles. The van der Waals surface area contributed by atoms with Crippen molar-refractivity contribution in [2.75, 3.05) is 33.2 Å². The largest absolute Gasteiger partial charge is 0.326 e. The minimum Gasteiger partial charge on any atom is -0.326 e. The standard InChI is InChI=1S/C17H24N4O3S/c1-12(13-5-10-25-11-13)20-6-8-21(9-7-20)17(24)18-14-3-4-15(22)19(2)16(14)23/h5,10-12,14H,3-4,6-9H2,1-2H3,(H,18,24). The Kier molecular flexibility index (Phi) is 5.39. The predicted molar refractivity (Wildman–Crippen MR) is 95.2 cm³/mol. The molecule has 2 saturated heterocycles. The van der Waals surface area contributed by atoms with E-state index < -0.39 is 6.04 Å². The van der Waals surface area contributed by atoms with Gasteiger partial charge in [0.2, 0.25) is 5.91 Å². The highest BCUT2D eigenvalue weighted by molar-refractivity contribution is 7.07. The lowest BCUT2D eigenvalue weighted by molar-refractivity contribution is -0.147. The molecule has 2 atom stereocenters. The van der Waals surface area contributed by atoms with Gasteiger partial charge in [-0.1, -0.05) is 0 Å². The normalized spacial score (nSPS) is 23.7. The average molecular weight is 364 g/mol. The number of rotatable bonds is 3. The molecule has 3 rings (SSSR count). The second kappa shape index (κ2) is 7.53. The molecule has 4 amide bonds. The van der Waals surface area contributed by atoms with Crippen molar-refractivity contribution in [3.8, 4) is 0 Å². The zero-order chi connectivity index (χ0) is 18.0. The summed E-state index contributed by atoms with van der Waals surface area (Å²) >= 11 is 1.70. The molecule has 8 heteroatoms. The molecule has 1 N–H and O–H groups in total. The molecule has 0 aromatic carbocycles. The lowest BCUT2D eigenvalue weighted by Gasteiger charge is -2.38. The van der Waals surface area contributed by atoms with Crippen LogP contribution < -0.4 is 5.32 Å². The summed E-state index contributed by atoms with van der Waals surface area (Å²) in [6.07, 6.45) is 0.669. The Morgan fingerprint density at radius 3 is 2.64 bits per heavy atom. The van der Waals surface area contributed by atoms with Crippen molar-refractivity contribution in [2.24, 2.45) is 0 Å². The lowest BCUT2D eigenvalue weighted by atomic mass is 10.0. The number of nitrogens with zero attached hydrogens (tertiary/aromatic N) is 3. The molecule has 0 spiro atoms. The summed E-state index contributed by atoms with van der Waals surface area (Å²) in [5.41, 5.74) is 1.31. The van der Waals surface area contributed by atoms with Crippen LogP contribution >= 0.6 is 11.3 Å². The number of hydrogen-bond donors (Lipinski definition) is 1. The number of amides is 4. The number of likely N-dealkylation sites (N-methyl/N-ethyl adjacent to an activating group) is 1. The zero-order valence-electron chi connectivity index (χ0n) is 14.6. The van der Waals surface area contributed by atoms with Gasteiger partial charge in [-0.25, -0.2) is 4.79 Å². The first-order valence-electron chi connectivity index (χ1n) is 8.59. The molecule has 136 valence electrons. The summed E-state index contributed by atoms with van der Waals surface area (Å²) < 4.78 is 0. The SMILES string of the molecule is CC(c1ccsc1)N1CCN(C(=O)NC2CCC(=O)N(C)C2=O)CC1. The van der Waals surface area contributed by atoms with Gasteiger partial charge in [0.15, 0.2) is 0 Å². The van der Waals surface area contributed by atoms with Crippen LogP contribution in [-0.4, -0.2) is 71.8 Å². The Morgan fingerprint density at radius 1 is 1.28 bits per heavy atom. The van der Waals surface area contributed by atoms with Crippen LogP contribution in [0.25, 0.3) is 0 Å². The third kappa shape index (κ3) is 3.85. The number of piperazine rings is 1. The third-order valence-corrected chi connectivity index (χ3v) is 5.82. The second-order valence-corrected chi connectivity index (χ2v) is 7.37. The fraction of sp³-hybridized carbons (Fsp3) is 0.588. The number of carbonyl (C=O) groups is 3. The van der Waals surface area contributed by atoms with E-state index in [4.69, 9.17) is 0 Å². The number of carbonyl (C=O) groups excluding carboxylic acids is 3. The van der Waals surface area contributed by atoms with Gasteiger partial charge in [0.1, 0.15) is 6.04 Å². The molecule has 2 unspecified atom stereocenters. The summed E-state index contributed by atoms with van der Waals surface area (Å²) in [7, 11) is 1.47. The van der Waals surface area contributed by atoms with Crippen molar-refractivity contribution in [3.05, 3.63) is 22.4 Å². The number of thiophene rings is 1. The van der Waals surface area contributed by atoms with E-state index in [9.17, 15) is 14.4 Å². The number of imide groups is 1. The van der Waals surface area contributed by atoms with Crippen molar-refractivity contribution in [3.63, 3.8) is 0 Å². The molecule has 7 nitrogen and oxygen atoms in total. The van der Waals surface area contributed by atoms with Gasteiger partial charge in [-0.3, -0.25) is 19.4 Å². The van der Waals surface area contributed by atoms with E-state index >= 15 is 0 Å². The molecule has 0 saturated carbocycles. The van der Waals surface area contributed by atoms with Crippen LogP contribution in [0.2, 0.25) is 0 Å². The molecule has 0 bridgehead atoms. The van der Waals surface area contributed by atoms with Gasteiger partial charge >= 0.3 is 6.03 Å². The second-order valence-electron chi connectivity index (χ2n) is 6.59. The van der Waals surface area contributed by atoms with E-state index in [1.807, 2.05) is 0 Å². The van der Waals surface area contributed by atoms with E-state index in [1.54, 1.807) is 16.2 Å². The Balaban J connectivity index is 1.50. The van der Waals surface area contributed by atoms with Crippen LogP contribution in [0, 0.1) is 0 Å². The number of likely N-dealkylation sites (tertiary alicyclic amines) is 1. The monoisotopic (exact) mass is 364 g/mol. The van der Waals surface area contributed by atoms with Crippen LogP contribution in [-0.2, 0) is 9.59 Å². The highest BCUT2D eigenvalue weighted by Crippen LogP contribution is 2.23. The summed E-state index contributed by atoms with van der Waals surface area (Å²) in [4.78, 5) is 41.3. The molecular formula is C17H24N4O3S. The Bertz CT molecular complexity index is 640. The molecule has 2 aliphatic heterocycles. The predicted octanol–water partition coefficient (Wildman–Crippen LogP) is 1.28. The number of piperidine rings is 1. The fourth-order valence-corrected chi connectivity index (χ4v) is 4.07. The highest BCUT2D eigenvalue weighted by Gasteiger charge is 2.34. The van der Waals surface area contributed by atoms with E-state index in [1.165, 1.54) is 12.6 Å². The number of nitrogens with one attached hydrogen (secondary N) is 1.